The van der Waals surface area contributed by atoms with Gasteiger partial charge in [-0.15, -0.1) is 0 Å². The molecule has 1 aliphatic carbocycles. The van der Waals surface area contributed by atoms with Gasteiger partial charge in [-0.25, -0.2) is 0 Å². The molecule has 0 radical (unpaired) electrons. The van der Waals surface area contributed by atoms with E-state index in [1.807, 2.05) is 75.4 Å². The van der Waals surface area contributed by atoms with Gasteiger partial charge in [0.15, 0.2) is 0 Å². The fourth-order valence-corrected chi connectivity index (χ4v) is 9.46. The van der Waals surface area contributed by atoms with Crippen molar-refractivity contribution in [1.82, 2.24) is 20.9 Å². The number of unbranched alkanes of at least 4 members (excludes halogenated alkanes) is 1. The summed E-state index contributed by atoms with van der Waals surface area (Å²) in [6, 6.07) is 29.9. The Labute approximate surface area is 393 Å². The number of amides is 4. The van der Waals surface area contributed by atoms with Crippen LogP contribution in [0.3, 0.4) is 0 Å². The summed E-state index contributed by atoms with van der Waals surface area (Å²) in [5.74, 6) is -0.295. The van der Waals surface area contributed by atoms with Gasteiger partial charge in [-0.3, -0.25) is 19.2 Å². The van der Waals surface area contributed by atoms with E-state index < -0.39 is 46.2 Å². The number of β-amino-alcohol motifs (C(OH)–C–C–N with tert-alkyl or cyclic N) is 1. The molecule has 3 atom stereocenters. The van der Waals surface area contributed by atoms with E-state index in [4.69, 9.17) is 25.8 Å². The Balaban J connectivity index is 0.895. The molecule has 2 fully saturated rings. The van der Waals surface area contributed by atoms with E-state index in [0.29, 0.717) is 53.7 Å². The maximum Gasteiger partial charge on any atom is 0.251 e. The van der Waals surface area contributed by atoms with Gasteiger partial charge in [-0.1, -0.05) is 115 Å². The first-order valence-corrected chi connectivity index (χ1v) is 22.8. The molecule has 4 amide bonds. The van der Waals surface area contributed by atoms with Crippen LogP contribution in [0.4, 0.5) is 0 Å². The molecule has 1 heterocycles. The first-order chi connectivity index (χ1) is 31.3. The van der Waals surface area contributed by atoms with Crippen LogP contribution in [-0.2, 0) is 25.7 Å². The maximum atomic E-state index is 14.0. The summed E-state index contributed by atoms with van der Waals surface area (Å²) < 4.78 is 17.9. The zero-order valence-corrected chi connectivity index (χ0v) is 39.6. The van der Waals surface area contributed by atoms with E-state index >= 15 is 0 Å². The van der Waals surface area contributed by atoms with Gasteiger partial charge in [0.2, 0.25) is 17.7 Å². The van der Waals surface area contributed by atoms with Gasteiger partial charge >= 0.3 is 0 Å². The predicted molar refractivity (Wildman–Crippen MR) is 253 cm³/mol. The summed E-state index contributed by atoms with van der Waals surface area (Å²) in [5.41, 5.74) is 2.44. The highest BCUT2D eigenvalue weighted by atomic mass is 35.5. The molecule has 6 rings (SSSR count). The van der Waals surface area contributed by atoms with E-state index in [1.165, 1.54) is 4.90 Å². The third-order valence-electron chi connectivity index (χ3n) is 12.5. The Kier molecular flexibility index (Phi) is 15.8. The summed E-state index contributed by atoms with van der Waals surface area (Å²) in [7, 11) is 0. The van der Waals surface area contributed by atoms with E-state index in [1.54, 1.807) is 42.5 Å². The standard InChI is InChI=1S/C52H62ClN5O8/c1-50(2,3)44(47(63)58-31-38(59)27-42(58)46(62)55-30-33-15-17-35(18-16-33)34-13-9-8-10-14-34)56-43(60)32-64-25-11-12-26-65-39-22-19-36(20-23-39)45(61)57-48-51(4,5)49(52(48,6)7)66-40-24-21-37(29-54)41(53)28-40/h8-10,13-24,28,38,42,44,48-49,59H,11-12,25-27,30-32H2,1-7H3,(H,55,62)(H,56,60)(H,57,61)/t38-,42+,44-,48?,49?/m1/s1. The first kappa shape index (κ1) is 49.5. The number of nitrogens with zero attached hydrogens (tertiary/aromatic N) is 2. The van der Waals surface area contributed by atoms with Gasteiger partial charge in [0.05, 0.1) is 23.3 Å². The lowest BCUT2D eigenvalue weighted by atomic mass is 9.49. The normalized spacial score (nSPS) is 20.0. The van der Waals surface area contributed by atoms with Crippen molar-refractivity contribution < 1.29 is 38.5 Å². The molecular weight excluding hydrogens is 858 g/mol. The average molecular weight is 921 g/mol. The molecule has 1 saturated carbocycles. The number of nitriles is 1. The predicted octanol–water partition coefficient (Wildman–Crippen LogP) is 7.48. The molecule has 1 saturated heterocycles. The Morgan fingerprint density at radius 1 is 0.879 bits per heavy atom. The van der Waals surface area contributed by atoms with Crippen LogP contribution in [0.2, 0.25) is 5.02 Å². The summed E-state index contributed by atoms with van der Waals surface area (Å²) in [6.07, 6.45) is 0.271. The molecule has 2 aliphatic rings. The summed E-state index contributed by atoms with van der Waals surface area (Å²) in [5, 5.41) is 29.0. The van der Waals surface area contributed by atoms with Gasteiger partial charge in [0.25, 0.3) is 5.91 Å². The monoisotopic (exact) mass is 919 g/mol. The number of hydrogen-bond acceptors (Lipinski definition) is 9. The van der Waals surface area contributed by atoms with Gasteiger partial charge < -0.3 is 40.2 Å². The second-order valence-electron chi connectivity index (χ2n) is 19.5. The smallest absolute Gasteiger partial charge is 0.251 e. The van der Waals surface area contributed by atoms with Crippen molar-refractivity contribution >= 4 is 35.2 Å². The number of nitrogens with one attached hydrogen (secondary N) is 3. The minimum Gasteiger partial charge on any atom is -0.494 e. The van der Waals surface area contributed by atoms with Crippen LogP contribution in [0.25, 0.3) is 11.1 Å². The van der Waals surface area contributed by atoms with Crippen molar-refractivity contribution in [2.45, 2.75) is 105 Å². The van der Waals surface area contributed by atoms with Crippen LogP contribution in [-0.4, -0.2) is 90.3 Å². The van der Waals surface area contributed by atoms with Crippen LogP contribution in [0.5, 0.6) is 11.5 Å². The van der Waals surface area contributed by atoms with E-state index in [2.05, 4.69) is 49.7 Å². The fourth-order valence-electron chi connectivity index (χ4n) is 9.25. The maximum absolute atomic E-state index is 14.0. The molecule has 4 aromatic rings. The van der Waals surface area contributed by atoms with Gasteiger partial charge in [0.1, 0.15) is 42.4 Å². The Hall–Kier alpha value is -5.94. The second-order valence-corrected chi connectivity index (χ2v) is 19.9. The van der Waals surface area contributed by atoms with Crippen molar-refractivity contribution in [3.8, 4) is 28.7 Å². The number of aliphatic hydroxyl groups excluding tert-OH is 1. The minimum atomic E-state index is -0.962. The van der Waals surface area contributed by atoms with Crippen molar-refractivity contribution in [1.29, 1.82) is 5.26 Å². The molecular formula is C52H62ClN5O8. The molecule has 0 bridgehead atoms. The van der Waals surface area contributed by atoms with Crippen molar-refractivity contribution in [3.63, 3.8) is 0 Å². The van der Waals surface area contributed by atoms with Crippen molar-refractivity contribution in [2.75, 3.05) is 26.4 Å². The first-order valence-electron chi connectivity index (χ1n) is 22.5. The molecule has 0 spiro atoms. The van der Waals surface area contributed by atoms with Crippen LogP contribution in [0.15, 0.2) is 97.1 Å². The molecule has 14 heteroatoms. The molecule has 13 nitrogen and oxygen atoms in total. The number of carbonyl (C=O) groups is 4. The Morgan fingerprint density at radius 3 is 2.15 bits per heavy atom. The molecule has 0 aromatic heterocycles. The number of hydrogen-bond donors (Lipinski definition) is 4. The quantitative estimate of drug-likeness (QED) is 0.0737. The molecule has 350 valence electrons. The van der Waals surface area contributed by atoms with Crippen molar-refractivity contribution in [3.05, 3.63) is 119 Å². The number of aliphatic hydroxyl groups is 1. The molecule has 1 aliphatic heterocycles. The fraction of sp³-hybridized carbons (Fsp3) is 0.442. The third-order valence-corrected chi connectivity index (χ3v) is 12.9. The SMILES string of the molecule is CC1(C)C(NC(=O)c2ccc(OCCCCOCC(=O)N[C@H](C(=O)N3C[C@H](O)C[C@H]3C(=O)NCc3ccc(-c4ccccc4)cc3)C(C)(C)C)cc2)C(C)(C)C1Oc1ccc(C#N)c(Cl)c1. The van der Waals surface area contributed by atoms with Crippen molar-refractivity contribution in [2.24, 2.45) is 16.2 Å². The number of rotatable bonds is 18. The highest BCUT2D eigenvalue weighted by Gasteiger charge is 2.64. The Bertz CT molecular complexity index is 2360. The number of carbonyl (C=O) groups excluding carboxylic acids is 4. The van der Waals surface area contributed by atoms with Crippen LogP contribution >= 0.6 is 11.6 Å². The summed E-state index contributed by atoms with van der Waals surface area (Å²) >= 11 is 6.23. The van der Waals surface area contributed by atoms with E-state index in [9.17, 15) is 29.5 Å². The summed E-state index contributed by atoms with van der Waals surface area (Å²) in [4.78, 5) is 55.2. The van der Waals surface area contributed by atoms with Gasteiger partial charge in [-0.05, 0) is 71.3 Å². The lowest BCUT2D eigenvalue weighted by Crippen LogP contribution is -2.74. The Morgan fingerprint density at radius 2 is 1.52 bits per heavy atom. The largest absolute Gasteiger partial charge is 0.494 e. The van der Waals surface area contributed by atoms with Crippen LogP contribution < -0.4 is 25.4 Å². The van der Waals surface area contributed by atoms with Gasteiger partial charge in [-0.2, -0.15) is 5.26 Å². The van der Waals surface area contributed by atoms with Gasteiger partial charge in [0, 0.05) is 54.6 Å². The zero-order valence-electron chi connectivity index (χ0n) is 38.9. The minimum absolute atomic E-state index is 0.0162. The number of halogens is 1. The highest BCUT2D eigenvalue weighted by molar-refractivity contribution is 6.31. The molecule has 4 aromatic carbocycles. The number of ether oxygens (including phenoxy) is 3. The summed E-state index contributed by atoms with van der Waals surface area (Å²) in [6.45, 7) is 14.4. The molecule has 0 unspecified atom stereocenters. The lowest BCUT2D eigenvalue weighted by Gasteiger charge is -2.63. The molecule has 66 heavy (non-hydrogen) atoms. The number of likely N-dealkylation sites (tertiary alicyclic amines) is 1. The molecule has 4 N–H and O–H groups in total. The second kappa shape index (κ2) is 21.1. The number of benzene rings is 4. The lowest BCUT2D eigenvalue weighted by molar-refractivity contribution is -0.164. The van der Waals surface area contributed by atoms with E-state index in [0.717, 1.165) is 16.7 Å². The third kappa shape index (κ3) is 11.9. The van der Waals surface area contributed by atoms with Crippen LogP contribution in [0.1, 0.15) is 89.2 Å². The van der Waals surface area contributed by atoms with Crippen LogP contribution in [0, 0.1) is 27.6 Å². The topological polar surface area (TPSA) is 179 Å². The van der Waals surface area contributed by atoms with E-state index in [-0.39, 0.29) is 50.1 Å². The zero-order chi connectivity index (χ0) is 47.8. The average Bonchev–Trinajstić information content (AvgIpc) is 3.69. The highest BCUT2D eigenvalue weighted by Crippen LogP contribution is 2.55.